The van der Waals surface area contributed by atoms with Crippen molar-refractivity contribution in [2.75, 3.05) is 13.1 Å². The lowest BCUT2D eigenvalue weighted by Crippen LogP contribution is -2.45. The molecule has 0 saturated carbocycles. The van der Waals surface area contributed by atoms with Gasteiger partial charge in [0.05, 0.1) is 40.3 Å². The van der Waals surface area contributed by atoms with Gasteiger partial charge in [0.2, 0.25) is 5.60 Å². The van der Waals surface area contributed by atoms with Gasteiger partial charge in [0.1, 0.15) is 23.9 Å². The molecule has 0 aliphatic carbocycles. The molecule has 20 heteroatoms. The van der Waals surface area contributed by atoms with Gasteiger partial charge in [-0.05, 0) is 110 Å². The third-order valence-corrected chi connectivity index (χ3v) is 14.5. The summed E-state index contributed by atoms with van der Waals surface area (Å²) in [7, 11) is -5.20. The minimum Gasteiger partial charge on any atom is -0.508 e. The summed E-state index contributed by atoms with van der Waals surface area (Å²) >= 11 is 0. The summed E-state index contributed by atoms with van der Waals surface area (Å²) in [6.45, 7) is 8.96. The van der Waals surface area contributed by atoms with Crippen LogP contribution in [0.4, 0.5) is 4.79 Å². The molecule has 10 rings (SSSR count). The second kappa shape index (κ2) is 17.2. The van der Waals surface area contributed by atoms with Gasteiger partial charge in [-0.1, -0.05) is 27.7 Å². The van der Waals surface area contributed by atoms with Gasteiger partial charge in [-0.15, -0.1) is 0 Å². The summed E-state index contributed by atoms with van der Waals surface area (Å²) in [5, 5.41) is 29.5. The van der Waals surface area contributed by atoms with Crippen molar-refractivity contribution in [3.05, 3.63) is 116 Å². The number of carbonyl (C=O) groups is 2. The Morgan fingerprint density at radius 1 is 0.986 bits per heavy atom. The van der Waals surface area contributed by atoms with Gasteiger partial charge < -0.3 is 43.5 Å². The standard InChI is InChI=1S/C49H50N7O12P/c1-5-31-33-20-30(8-9-38(33)50-43-35(31)24-55-40(43)22-37-36(45(55)59)25-66-46(60)49(37,6-2)68-69(63,64)65)67-48(62)54-16-12-27(13-17-54)11-15-53-18-14-28-19-29(7-10-39(28)53)56-44(51-52-47(56)61)34-21-32(26(3)4)41(57)23-42(34)58/h7-10,14,18-23,26-27,57-58H,5-6,11-13,15-17,24-25H2,1-4H3,(H,52,61)(H2,63,64,65). The van der Waals surface area contributed by atoms with Crippen molar-refractivity contribution in [1.82, 2.24) is 33.8 Å². The number of likely N-dealkylation sites (tertiary alicyclic amines) is 1. The maximum absolute atomic E-state index is 14.0. The molecular weight excluding hydrogens is 910 g/mol. The predicted octanol–water partition coefficient (Wildman–Crippen LogP) is 7.09. The minimum absolute atomic E-state index is 0.0297. The van der Waals surface area contributed by atoms with Crippen molar-refractivity contribution in [3.8, 4) is 45.7 Å². The highest BCUT2D eigenvalue weighted by Crippen LogP contribution is 2.51. The Hall–Kier alpha value is -7.05. The number of phosphoric acid groups is 1. The minimum atomic E-state index is -5.20. The van der Waals surface area contributed by atoms with Crippen LogP contribution in [-0.4, -0.2) is 78.9 Å². The fourth-order valence-corrected chi connectivity index (χ4v) is 11.0. The predicted molar refractivity (Wildman–Crippen MR) is 252 cm³/mol. The van der Waals surface area contributed by atoms with Crippen molar-refractivity contribution in [2.24, 2.45) is 5.92 Å². The zero-order chi connectivity index (χ0) is 48.7. The number of phenolic OH excluding ortho intramolecular Hbond substituents is 2. The molecule has 0 spiro atoms. The SMILES string of the molecule is CCc1c2c(nc3ccc(OC(=O)N4CCC(CCn5ccc6cc(-n7c(-c8cc(C(C)C)c(O)cc8O)n[nH]c7=O)ccc65)CC4)cc13)-c1cc3c(c(=O)n1C2)COC(=O)C3(CC)OP(=O)(O)O. The van der Waals surface area contributed by atoms with Gasteiger partial charge in [-0.25, -0.2) is 33.6 Å². The lowest BCUT2D eigenvalue weighted by Gasteiger charge is -2.35. The van der Waals surface area contributed by atoms with Crippen molar-refractivity contribution < 1.29 is 48.2 Å². The number of amides is 1. The van der Waals surface area contributed by atoms with E-state index < -0.39 is 36.7 Å². The quantitative estimate of drug-likeness (QED) is 0.0641. The van der Waals surface area contributed by atoms with Crippen LogP contribution in [0.5, 0.6) is 17.2 Å². The number of phosphoric ester groups is 1. The first-order valence-corrected chi connectivity index (χ1v) is 24.5. The van der Waals surface area contributed by atoms with E-state index in [9.17, 15) is 43.7 Å². The fraction of sp³-hybridized carbons (Fsp3) is 0.347. The molecule has 0 bridgehead atoms. The number of aromatic hydroxyl groups is 2. The Balaban J connectivity index is 0.804. The number of esters is 1. The van der Waals surface area contributed by atoms with Crippen LogP contribution in [0.25, 0.3) is 50.3 Å². The summed E-state index contributed by atoms with van der Waals surface area (Å²) in [4.78, 5) is 79.8. The lowest BCUT2D eigenvalue weighted by atomic mass is 9.86. The molecule has 4 aromatic heterocycles. The molecular formula is C49H50N7O12P. The number of ether oxygens (including phenoxy) is 2. The molecule has 3 aliphatic heterocycles. The average Bonchev–Trinajstić information content (AvgIpc) is 4.02. The lowest BCUT2D eigenvalue weighted by molar-refractivity contribution is -0.170. The van der Waals surface area contributed by atoms with Crippen LogP contribution >= 0.6 is 7.82 Å². The van der Waals surface area contributed by atoms with Crippen LogP contribution in [0.3, 0.4) is 0 Å². The molecule has 1 amide bonds. The van der Waals surface area contributed by atoms with E-state index in [1.807, 2.05) is 51.2 Å². The number of phenols is 2. The topological polar surface area (TPSA) is 254 Å². The molecule has 19 nitrogen and oxygen atoms in total. The van der Waals surface area contributed by atoms with Crippen LogP contribution < -0.4 is 16.0 Å². The number of rotatable bonds is 11. The summed E-state index contributed by atoms with van der Waals surface area (Å²) in [5.74, 6) is -0.296. The normalized spacial score (nSPS) is 17.1. The van der Waals surface area contributed by atoms with E-state index in [0.29, 0.717) is 64.9 Å². The van der Waals surface area contributed by atoms with E-state index in [4.69, 9.17) is 19.0 Å². The Morgan fingerprint density at radius 3 is 2.49 bits per heavy atom. The van der Waals surface area contributed by atoms with Crippen LogP contribution in [-0.2, 0) is 50.3 Å². The first-order valence-electron chi connectivity index (χ1n) is 22.9. The number of aromatic nitrogens is 6. The zero-order valence-electron chi connectivity index (χ0n) is 38.3. The van der Waals surface area contributed by atoms with Crippen LogP contribution in [0.15, 0.2) is 76.4 Å². The second-order valence-corrected chi connectivity index (χ2v) is 19.4. The molecule has 1 saturated heterocycles. The number of piperidine rings is 1. The summed E-state index contributed by atoms with van der Waals surface area (Å²) in [6, 6.07) is 17.4. The van der Waals surface area contributed by atoms with Gasteiger partial charge >= 0.3 is 25.6 Å². The summed E-state index contributed by atoms with van der Waals surface area (Å²) in [6.07, 6.45) is 4.42. The highest BCUT2D eigenvalue weighted by Gasteiger charge is 2.52. The van der Waals surface area contributed by atoms with E-state index in [1.54, 1.807) is 35.2 Å². The third-order valence-electron chi connectivity index (χ3n) is 13.9. The third kappa shape index (κ3) is 7.88. The smallest absolute Gasteiger partial charge is 0.471 e. The van der Waals surface area contributed by atoms with Gasteiger partial charge in [-0.2, -0.15) is 5.10 Å². The van der Waals surface area contributed by atoms with Gasteiger partial charge in [-0.3, -0.25) is 9.32 Å². The van der Waals surface area contributed by atoms with Crippen molar-refractivity contribution >= 4 is 41.7 Å². The Bertz CT molecular complexity index is 3430. The van der Waals surface area contributed by atoms with Gasteiger partial charge in [0.25, 0.3) is 5.56 Å². The van der Waals surface area contributed by atoms with Crippen LogP contribution in [0.2, 0.25) is 0 Å². The van der Waals surface area contributed by atoms with E-state index in [2.05, 4.69) is 14.8 Å². The molecule has 358 valence electrons. The first-order chi connectivity index (χ1) is 33.0. The molecule has 0 radical (unpaired) electrons. The number of nitrogens with zero attached hydrogens (tertiary/aromatic N) is 6. The molecule has 69 heavy (non-hydrogen) atoms. The molecule has 5 N–H and O–H groups in total. The molecule has 1 fully saturated rings. The second-order valence-electron chi connectivity index (χ2n) is 18.2. The number of H-pyrrole nitrogens is 1. The van der Waals surface area contributed by atoms with Gasteiger partial charge in [0, 0.05) is 59.3 Å². The molecule has 3 aromatic carbocycles. The average molecular weight is 960 g/mol. The van der Waals surface area contributed by atoms with E-state index in [-0.39, 0.29) is 53.9 Å². The molecule has 7 aromatic rings. The Labute approximate surface area is 393 Å². The molecule has 7 heterocycles. The first kappa shape index (κ1) is 45.7. The zero-order valence-corrected chi connectivity index (χ0v) is 39.2. The van der Waals surface area contributed by atoms with Crippen LogP contribution in [0.1, 0.15) is 87.1 Å². The van der Waals surface area contributed by atoms with Crippen molar-refractivity contribution in [1.29, 1.82) is 0 Å². The summed E-state index contributed by atoms with van der Waals surface area (Å²) in [5.41, 5.74) is 2.63. The fourth-order valence-electron chi connectivity index (χ4n) is 10.3. The van der Waals surface area contributed by atoms with Crippen LogP contribution in [0, 0.1) is 5.92 Å². The number of pyridine rings is 2. The maximum Gasteiger partial charge on any atom is 0.471 e. The number of hydrogen-bond donors (Lipinski definition) is 5. The molecule has 1 unspecified atom stereocenters. The van der Waals surface area contributed by atoms with E-state index in [1.165, 1.54) is 22.1 Å². The number of hydrogen-bond acceptors (Lipinski definition) is 12. The Morgan fingerprint density at radius 2 is 1.77 bits per heavy atom. The number of nitrogens with one attached hydrogen (secondary N) is 1. The Kier molecular flexibility index (Phi) is 11.4. The highest BCUT2D eigenvalue weighted by atomic mass is 31.2. The van der Waals surface area contributed by atoms with E-state index >= 15 is 0 Å². The number of benzene rings is 3. The van der Waals surface area contributed by atoms with Gasteiger partial charge in [0.15, 0.2) is 5.82 Å². The van der Waals surface area contributed by atoms with Crippen molar-refractivity contribution in [2.45, 2.75) is 91.0 Å². The number of fused-ring (bicyclic) bond motifs is 6. The maximum atomic E-state index is 14.0. The van der Waals surface area contributed by atoms with Crippen molar-refractivity contribution in [3.63, 3.8) is 0 Å². The number of cyclic esters (lactones) is 1. The summed E-state index contributed by atoms with van der Waals surface area (Å²) < 4.78 is 33.5. The molecule has 1 atom stereocenters. The number of aryl methyl sites for hydroxylation is 2. The monoisotopic (exact) mass is 959 g/mol. The molecule has 3 aliphatic rings. The van der Waals surface area contributed by atoms with E-state index in [0.717, 1.165) is 53.2 Å². The number of carbonyl (C=O) groups excluding carboxylic acids is 2. The number of aromatic amines is 1. The highest BCUT2D eigenvalue weighted by molar-refractivity contribution is 7.46. The largest absolute Gasteiger partial charge is 0.508 e.